The summed E-state index contributed by atoms with van der Waals surface area (Å²) in [7, 11) is -3.91. The quantitative estimate of drug-likeness (QED) is 0.842. The van der Waals surface area contributed by atoms with Gasteiger partial charge in [-0.3, -0.25) is 0 Å². The Hall–Kier alpha value is -1.05. The molecule has 1 aromatic heterocycles. The first kappa shape index (κ1) is 13.4. The van der Waals surface area contributed by atoms with Gasteiger partial charge >= 0.3 is 0 Å². The van der Waals surface area contributed by atoms with Crippen molar-refractivity contribution in [1.29, 1.82) is 0 Å². The van der Waals surface area contributed by atoms with E-state index in [-0.39, 0.29) is 12.0 Å². The molecule has 1 heterocycles. The lowest BCUT2D eigenvalue weighted by molar-refractivity contribution is 0.449. The Morgan fingerprint density at radius 1 is 1.50 bits per heavy atom. The third kappa shape index (κ3) is 2.68. The summed E-state index contributed by atoms with van der Waals surface area (Å²) in [6.45, 7) is 0.428. The number of sulfonamides is 1. The average molecular weight is 273 g/mol. The van der Waals surface area contributed by atoms with Crippen LogP contribution in [0.5, 0.6) is 0 Å². The first-order valence-electron chi connectivity index (χ1n) is 5.87. The molecule has 0 saturated heterocycles. The fourth-order valence-electron chi connectivity index (χ4n) is 2.30. The second-order valence-corrected chi connectivity index (χ2v) is 6.07. The molecule has 0 bridgehead atoms. The van der Waals surface area contributed by atoms with Crippen molar-refractivity contribution < 1.29 is 12.8 Å². The minimum Gasteiger partial charge on any atom is -0.330 e. The molecule has 0 spiro atoms. The molecule has 1 aliphatic rings. The van der Waals surface area contributed by atoms with Crippen LogP contribution in [0.1, 0.15) is 19.3 Å². The summed E-state index contributed by atoms with van der Waals surface area (Å²) in [4.78, 5) is 3.59. The molecule has 0 radical (unpaired) electrons. The summed E-state index contributed by atoms with van der Waals surface area (Å²) in [6, 6.07) is 2.21. The topological polar surface area (TPSA) is 85.1 Å². The first-order chi connectivity index (χ1) is 8.54. The molecule has 2 unspecified atom stereocenters. The van der Waals surface area contributed by atoms with Crippen LogP contribution in [0, 0.1) is 11.7 Å². The van der Waals surface area contributed by atoms with Crippen LogP contribution in [0.2, 0.25) is 0 Å². The Morgan fingerprint density at radius 3 is 2.94 bits per heavy atom. The zero-order valence-corrected chi connectivity index (χ0v) is 10.7. The molecule has 1 aromatic rings. The zero-order chi connectivity index (χ0) is 13.2. The smallest absolute Gasteiger partial charge is 0.261 e. The lowest BCUT2D eigenvalue weighted by Crippen LogP contribution is -2.40. The maximum absolute atomic E-state index is 13.4. The van der Waals surface area contributed by atoms with Gasteiger partial charge in [0.15, 0.2) is 5.82 Å². The van der Waals surface area contributed by atoms with E-state index in [0.29, 0.717) is 6.54 Å². The van der Waals surface area contributed by atoms with Crippen LogP contribution in [0.15, 0.2) is 23.4 Å². The third-order valence-electron chi connectivity index (χ3n) is 3.25. The van der Waals surface area contributed by atoms with Crippen molar-refractivity contribution in [3.8, 4) is 0 Å². The minimum atomic E-state index is -3.91. The number of rotatable bonds is 4. The Kier molecular flexibility index (Phi) is 3.94. The molecule has 1 saturated carbocycles. The summed E-state index contributed by atoms with van der Waals surface area (Å²) < 4.78 is 40.0. The summed E-state index contributed by atoms with van der Waals surface area (Å²) in [5, 5.41) is -0.548. The molecule has 18 heavy (non-hydrogen) atoms. The highest BCUT2D eigenvalue weighted by atomic mass is 32.2. The predicted molar refractivity (Wildman–Crippen MR) is 64.7 cm³/mol. The molecule has 1 fully saturated rings. The highest BCUT2D eigenvalue weighted by molar-refractivity contribution is 7.89. The van der Waals surface area contributed by atoms with E-state index >= 15 is 0 Å². The van der Waals surface area contributed by atoms with Crippen LogP contribution in [0.25, 0.3) is 0 Å². The van der Waals surface area contributed by atoms with Gasteiger partial charge in [0.05, 0.1) is 0 Å². The van der Waals surface area contributed by atoms with Crippen LogP contribution < -0.4 is 10.5 Å². The third-order valence-corrected chi connectivity index (χ3v) is 4.67. The molecular formula is C11H16FN3O2S. The number of halogens is 1. The lowest BCUT2D eigenvalue weighted by Gasteiger charge is -2.19. The van der Waals surface area contributed by atoms with E-state index in [1.807, 2.05) is 0 Å². The summed E-state index contributed by atoms with van der Waals surface area (Å²) in [5.41, 5.74) is 5.59. The number of nitrogens with one attached hydrogen (secondary N) is 1. The van der Waals surface area contributed by atoms with Gasteiger partial charge in [-0.15, -0.1) is 0 Å². The second kappa shape index (κ2) is 5.29. The van der Waals surface area contributed by atoms with E-state index < -0.39 is 20.9 Å². The van der Waals surface area contributed by atoms with Gasteiger partial charge in [-0.2, -0.15) is 0 Å². The molecule has 3 N–H and O–H groups in total. The van der Waals surface area contributed by atoms with Gasteiger partial charge in [-0.05, 0) is 37.4 Å². The van der Waals surface area contributed by atoms with Gasteiger partial charge in [0.1, 0.15) is 0 Å². The maximum atomic E-state index is 13.4. The van der Waals surface area contributed by atoms with Gasteiger partial charge in [-0.25, -0.2) is 22.5 Å². The largest absolute Gasteiger partial charge is 0.330 e. The van der Waals surface area contributed by atoms with Crippen molar-refractivity contribution in [2.75, 3.05) is 6.54 Å². The molecule has 2 atom stereocenters. The minimum absolute atomic E-state index is 0.117. The Labute approximate surface area is 106 Å². The molecule has 1 aliphatic carbocycles. The number of nitrogens with zero attached hydrogens (tertiary/aromatic N) is 1. The molecule has 100 valence electrons. The van der Waals surface area contributed by atoms with Crippen LogP contribution >= 0.6 is 0 Å². The van der Waals surface area contributed by atoms with Gasteiger partial charge < -0.3 is 5.73 Å². The maximum Gasteiger partial charge on any atom is 0.261 e. The van der Waals surface area contributed by atoms with E-state index in [1.54, 1.807) is 0 Å². The number of aromatic nitrogens is 1. The van der Waals surface area contributed by atoms with Crippen LogP contribution in [0.4, 0.5) is 4.39 Å². The van der Waals surface area contributed by atoms with Crippen LogP contribution in [-0.2, 0) is 10.0 Å². The molecule has 5 nitrogen and oxygen atoms in total. The number of pyridine rings is 1. The Morgan fingerprint density at radius 2 is 2.28 bits per heavy atom. The predicted octanol–water partition coefficient (Wildman–Crippen LogP) is 0.626. The molecule has 0 amide bonds. The van der Waals surface area contributed by atoms with E-state index in [0.717, 1.165) is 25.3 Å². The number of hydrogen-bond donors (Lipinski definition) is 2. The zero-order valence-electron chi connectivity index (χ0n) is 9.84. The number of nitrogens with two attached hydrogens (primary N) is 1. The van der Waals surface area contributed by atoms with Crippen molar-refractivity contribution in [3.63, 3.8) is 0 Å². The van der Waals surface area contributed by atoms with Crippen molar-refractivity contribution in [3.05, 3.63) is 24.1 Å². The summed E-state index contributed by atoms with van der Waals surface area (Å²) >= 11 is 0. The van der Waals surface area contributed by atoms with Crippen molar-refractivity contribution >= 4 is 10.0 Å². The van der Waals surface area contributed by atoms with E-state index in [4.69, 9.17) is 5.73 Å². The Balaban J connectivity index is 2.20. The fraction of sp³-hybridized carbons (Fsp3) is 0.545. The highest BCUT2D eigenvalue weighted by Gasteiger charge is 2.31. The first-order valence-corrected chi connectivity index (χ1v) is 7.36. The second-order valence-electron chi connectivity index (χ2n) is 4.44. The van der Waals surface area contributed by atoms with Gasteiger partial charge in [-0.1, -0.05) is 6.42 Å². The number of hydrogen-bond acceptors (Lipinski definition) is 4. The van der Waals surface area contributed by atoms with Gasteiger partial charge in [0.25, 0.3) is 10.0 Å². The molecule has 2 rings (SSSR count). The molecule has 0 aromatic carbocycles. The van der Waals surface area contributed by atoms with Gasteiger partial charge in [0, 0.05) is 12.2 Å². The van der Waals surface area contributed by atoms with Crippen molar-refractivity contribution in [1.82, 2.24) is 9.71 Å². The summed E-state index contributed by atoms with van der Waals surface area (Å²) in [6.07, 6.45) is 3.82. The van der Waals surface area contributed by atoms with Crippen LogP contribution in [-0.4, -0.2) is 26.0 Å². The molecule has 0 aliphatic heterocycles. The van der Waals surface area contributed by atoms with Crippen molar-refractivity contribution in [2.45, 2.75) is 30.3 Å². The van der Waals surface area contributed by atoms with Crippen LogP contribution in [0.3, 0.4) is 0 Å². The van der Waals surface area contributed by atoms with E-state index in [1.165, 1.54) is 12.3 Å². The highest BCUT2D eigenvalue weighted by Crippen LogP contribution is 2.26. The fourth-order valence-corrected chi connectivity index (χ4v) is 3.64. The van der Waals surface area contributed by atoms with E-state index in [9.17, 15) is 12.8 Å². The monoisotopic (exact) mass is 273 g/mol. The normalized spacial score (nSPS) is 24.3. The SMILES string of the molecule is NCC1CCCC1NS(=O)(=O)c1ncccc1F. The van der Waals surface area contributed by atoms with Gasteiger partial charge in [0.2, 0.25) is 5.03 Å². The Bertz CT molecular complexity index is 521. The standard InChI is InChI=1S/C11H16FN3O2S/c12-9-4-2-6-14-11(9)18(16,17)15-10-5-1-3-8(10)7-13/h2,4,6,8,10,15H,1,3,5,7,13H2. The average Bonchev–Trinajstić information content (AvgIpc) is 2.76. The molecule has 7 heteroatoms. The van der Waals surface area contributed by atoms with E-state index in [2.05, 4.69) is 9.71 Å². The van der Waals surface area contributed by atoms with Crippen molar-refractivity contribution in [2.24, 2.45) is 11.7 Å². The molecular weight excluding hydrogens is 257 g/mol. The summed E-state index contributed by atoms with van der Waals surface area (Å²) in [5.74, 6) is -0.723. The lowest BCUT2D eigenvalue weighted by atomic mass is 10.1.